The Hall–Kier alpha value is -2.55. The highest BCUT2D eigenvalue weighted by Crippen LogP contribution is 2.29. The number of rotatable bonds is 6. The molecule has 1 aliphatic carbocycles. The molecule has 168 valence electrons. The first kappa shape index (κ1) is 21.7. The third-order valence-electron chi connectivity index (χ3n) is 6.02. The second-order valence-electron chi connectivity index (χ2n) is 8.07. The third kappa shape index (κ3) is 4.87. The van der Waals surface area contributed by atoms with Crippen LogP contribution < -0.4 is 10.1 Å². The lowest BCUT2D eigenvalue weighted by Crippen LogP contribution is -2.36. The zero-order valence-electron chi connectivity index (χ0n) is 17.5. The molecular weight excluding hydrogens is 409 g/mol. The van der Waals surface area contributed by atoms with Crippen LogP contribution in [0.2, 0.25) is 0 Å². The molecule has 2 aromatic rings. The molecule has 2 heterocycles. The molecule has 4 rings (SSSR count). The summed E-state index contributed by atoms with van der Waals surface area (Å²) in [5.41, 5.74) is 3.06. The number of nitrogens with zero attached hydrogens (tertiary/aromatic N) is 3. The molecule has 0 saturated carbocycles. The van der Waals surface area contributed by atoms with Crippen LogP contribution in [0.4, 0.5) is 13.2 Å². The Morgan fingerprint density at radius 2 is 2.00 bits per heavy atom. The highest BCUT2D eigenvalue weighted by atomic mass is 19.4. The molecule has 1 amide bonds. The number of aromatic nitrogens is 2. The molecule has 1 N–H and O–H groups in total. The zero-order chi connectivity index (χ0) is 22.0. The average Bonchev–Trinajstić information content (AvgIpc) is 3.39. The van der Waals surface area contributed by atoms with E-state index in [9.17, 15) is 18.0 Å². The maximum absolute atomic E-state index is 13.0. The largest absolute Gasteiger partial charge is 0.573 e. The predicted octanol–water partition coefficient (Wildman–Crippen LogP) is 3.68. The van der Waals surface area contributed by atoms with E-state index in [0.717, 1.165) is 50.0 Å². The van der Waals surface area contributed by atoms with Crippen molar-refractivity contribution in [2.24, 2.45) is 0 Å². The summed E-state index contributed by atoms with van der Waals surface area (Å²) in [7, 11) is 0. The SMILES string of the molecule is CCn1nc(C(=O)N2CCCC2)c2c1CC[C@H](NCc1ccccc1OC(F)(F)F)C2. The van der Waals surface area contributed by atoms with Gasteiger partial charge in [0.1, 0.15) is 5.75 Å². The summed E-state index contributed by atoms with van der Waals surface area (Å²) in [5, 5.41) is 7.97. The van der Waals surface area contributed by atoms with Crippen molar-refractivity contribution >= 4 is 5.91 Å². The first-order valence-corrected chi connectivity index (χ1v) is 10.8. The summed E-state index contributed by atoms with van der Waals surface area (Å²) in [6.07, 6.45) is -0.444. The molecule has 31 heavy (non-hydrogen) atoms. The van der Waals surface area contributed by atoms with Gasteiger partial charge in [-0.05, 0) is 45.1 Å². The van der Waals surface area contributed by atoms with Crippen LogP contribution in [0.5, 0.6) is 5.75 Å². The van der Waals surface area contributed by atoms with Gasteiger partial charge in [0, 0.05) is 49.0 Å². The third-order valence-corrected chi connectivity index (χ3v) is 6.02. The Morgan fingerprint density at radius 3 is 2.71 bits per heavy atom. The van der Waals surface area contributed by atoms with Gasteiger partial charge in [-0.2, -0.15) is 5.10 Å². The van der Waals surface area contributed by atoms with Crippen LogP contribution >= 0.6 is 0 Å². The zero-order valence-corrected chi connectivity index (χ0v) is 17.5. The highest BCUT2D eigenvalue weighted by molar-refractivity contribution is 5.94. The molecule has 9 heteroatoms. The molecule has 1 atom stereocenters. The number of aryl methyl sites for hydroxylation is 1. The number of carbonyl (C=O) groups is 1. The molecule has 1 aromatic heterocycles. The van der Waals surface area contributed by atoms with E-state index in [1.165, 1.54) is 12.1 Å². The van der Waals surface area contributed by atoms with Crippen molar-refractivity contribution in [3.05, 3.63) is 46.8 Å². The van der Waals surface area contributed by atoms with Gasteiger partial charge >= 0.3 is 6.36 Å². The minimum atomic E-state index is -4.73. The number of likely N-dealkylation sites (tertiary alicyclic amines) is 1. The first-order valence-electron chi connectivity index (χ1n) is 10.8. The van der Waals surface area contributed by atoms with E-state index in [0.29, 0.717) is 24.2 Å². The van der Waals surface area contributed by atoms with Crippen molar-refractivity contribution in [3.63, 3.8) is 0 Å². The first-order chi connectivity index (χ1) is 14.9. The molecule has 1 aliphatic heterocycles. The fourth-order valence-electron chi connectivity index (χ4n) is 4.49. The Kier molecular flexibility index (Phi) is 6.22. The molecule has 0 bridgehead atoms. The van der Waals surface area contributed by atoms with Crippen LogP contribution in [-0.2, 0) is 25.9 Å². The van der Waals surface area contributed by atoms with Gasteiger partial charge in [0.25, 0.3) is 5.91 Å². The van der Waals surface area contributed by atoms with Crippen LogP contribution in [0.1, 0.15) is 53.5 Å². The van der Waals surface area contributed by atoms with E-state index in [2.05, 4.69) is 15.2 Å². The lowest BCUT2D eigenvalue weighted by molar-refractivity contribution is -0.274. The second-order valence-corrected chi connectivity index (χ2v) is 8.07. The average molecular weight is 436 g/mol. The summed E-state index contributed by atoms with van der Waals surface area (Å²) in [6, 6.07) is 6.21. The summed E-state index contributed by atoms with van der Waals surface area (Å²) >= 11 is 0. The Balaban J connectivity index is 1.48. The van der Waals surface area contributed by atoms with Gasteiger partial charge in [0.2, 0.25) is 0 Å². The van der Waals surface area contributed by atoms with Crippen LogP contribution in [0, 0.1) is 0 Å². The van der Waals surface area contributed by atoms with Crippen LogP contribution in [-0.4, -0.2) is 46.1 Å². The summed E-state index contributed by atoms with van der Waals surface area (Å²) < 4.78 is 44.1. The second kappa shape index (κ2) is 8.90. The van der Waals surface area contributed by atoms with E-state index >= 15 is 0 Å². The lowest BCUT2D eigenvalue weighted by atomic mass is 9.91. The number of para-hydroxylation sites is 1. The topological polar surface area (TPSA) is 59.4 Å². The van der Waals surface area contributed by atoms with Crippen molar-refractivity contribution in [2.75, 3.05) is 13.1 Å². The molecule has 0 radical (unpaired) electrons. The summed E-state index contributed by atoms with van der Waals surface area (Å²) in [4.78, 5) is 14.9. The van der Waals surface area contributed by atoms with Gasteiger partial charge in [-0.25, -0.2) is 0 Å². The predicted molar refractivity (Wildman–Crippen MR) is 109 cm³/mol. The van der Waals surface area contributed by atoms with Gasteiger partial charge < -0.3 is 15.0 Å². The minimum Gasteiger partial charge on any atom is -0.405 e. The monoisotopic (exact) mass is 436 g/mol. The van der Waals surface area contributed by atoms with Crippen molar-refractivity contribution < 1.29 is 22.7 Å². The summed E-state index contributed by atoms with van der Waals surface area (Å²) in [6.45, 7) is 4.51. The molecule has 6 nitrogen and oxygen atoms in total. The van der Waals surface area contributed by atoms with E-state index in [-0.39, 0.29) is 24.2 Å². The van der Waals surface area contributed by atoms with Crippen LogP contribution in [0.15, 0.2) is 24.3 Å². The molecular formula is C22H27F3N4O2. The maximum atomic E-state index is 13.0. The fourth-order valence-corrected chi connectivity index (χ4v) is 4.49. The number of hydrogen-bond donors (Lipinski definition) is 1. The molecule has 0 unspecified atom stereocenters. The molecule has 2 aliphatic rings. The number of ether oxygens (including phenoxy) is 1. The molecule has 1 fully saturated rings. The van der Waals surface area contributed by atoms with Gasteiger partial charge in [-0.15, -0.1) is 13.2 Å². The van der Waals surface area contributed by atoms with Gasteiger partial charge in [-0.1, -0.05) is 18.2 Å². The number of amides is 1. The normalized spacial score (nSPS) is 18.8. The van der Waals surface area contributed by atoms with Gasteiger partial charge in [0.15, 0.2) is 5.69 Å². The van der Waals surface area contributed by atoms with Crippen LogP contribution in [0.25, 0.3) is 0 Å². The number of alkyl halides is 3. The molecule has 1 aromatic carbocycles. The Morgan fingerprint density at radius 1 is 1.26 bits per heavy atom. The number of carbonyl (C=O) groups excluding carboxylic acids is 1. The smallest absolute Gasteiger partial charge is 0.405 e. The van der Waals surface area contributed by atoms with Gasteiger partial charge in [0.05, 0.1) is 0 Å². The maximum Gasteiger partial charge on any atom is 0.573 e. The molecule has 1 saturated heterocycles. The minimum absolute atomic E-state index is 0.00878. The quantitative estimate of drug-likeness (QED) is 0.751. The Labute approximate surface area is 179 Å². The number of benzene rings is 1. The molecule has 0 spiro atoms. The van der Waals surface area contributed by atoms with E-state index in [1.807, 2.05) is 16.5 Å². The van der Waals surface area contributed by atoms with Crippen LogP contribution in [0.3, 0.4) is 0 Å². The standard InChI is InChI=1S/C22H27F3N4O2/c1-2-29-18-10-9-16(13-17(18)20(27-29)21(30)28-11-5-6-12-28)26-14-15-7-3-4-8-19(15)31-22(23,24)25/h3-4,7-8,16,26H,2,5-6,9-14H2,1H3/t16-/m0/s1. The lowest BCUT2D eigenvalue weighted by Gasteiger charge is -2.25. The number of halogens is 3. The van der Waals surface area contributed by atoms with E-state index in [4.69, 9.17) is 0 Å². The van der Waals surface area contributed by atoms with E-state index < -0.39 is 6.36 Å². The van der Waals surface area contributed by atoms with Crippen molar-refractivity contribution in [1.29, 1.82) is 0 Å². The van der Waals surface area contributed by atoms with Crippen molar-refractivity contribution in [3.8, 4) is 5.75 Å². The Bertz CT molecular complexity index is 935. The highest BCUT2D eigenvalue weighted by Gasteiger charge is 2.33. The number of hydrogen-bond acceptors (Lipinski definition) is 4. The number of nitrogens with one attached hydrogen (secondary N) is 1. The van der Waals surface area contributed by atoms with Crippen molar-refractivity contribution in [2.45, 2.75) is 64.5 Å². The summed E-state index contributed by atoms with van der Waals surface area (Å²) in [5.74, 6) is -0.201. The van der Waals surface area contributed by atoms with E-state index in [1.54, 1.807) is 12.1 Å². The van der Waals surface area contributed by atoms with Crippen molar-refractivity contribution in [1.82, 2.24) is 20.0 Å². The fraction of sp³-hybridized carbons (Fsp3) is 0.545. The number of fused-ring (bicyclic) bond motifs is 1. The van der Waals surface area contributed by atoms with Gasteiger partial charge in [-0.3, -0.25) is 9.48 Å².